The molecular weight excluding hydrogens is 255 g/mol. The van der Waals surface area contributed by atoms with Gasteiger partial charge in [-0.25, -0.2) is 0 Å². The average Bonchev–Trinajstić information content (AvgIpc) is 1.53. The summed E-state index contributed by atoms with van der Waals surface area (Å²) in [7, 11) is 0. The first kappa shape index (κ1) is 11.2. The average molecular weight is 270 g/mol. The number of halogens is 1. The molecule has 11 heavy (non-hydrogen) atoms. The number of ether oxygens (including phenoxy) is 1. The lowest BCUT2D eigenvalue weighted by molar-refractivity contribution is -0.145. The number of hydrogen-bond acceptors (Lipinski definition) is 2. The van der Waals surface area contributed by atoms with Crippen LogP contribution in [-0.2, 0) is 9.53 Å². The van der Waals surface area contributed by atoms with Gasteiger partial charge in [-0.3, -0.25) is 4.79 Å². The molecule has 0 aliphatic rings. The van der Waals surface area contributed by atoms with Crippen molar-refractivity contribution in [3.05, 3.63) is 0 Å². The zero-order valence-electron chi connectivity index (χ0n) is 7.48. The van der Waals surface area contributed by atoms with E-state index in [1.807, 2.05) is 27.7 Å². The van der Waals surface area contributed by atoms with Crippen LogP contribution in [0, 0.1) is 5.41 Å². The number of hydrogen-bond donors (Lipinski definition) is 0. The standard InChI is InChI=1S/C8H15IO2/c1-6(9)11-7(10)5-8(2,3)4/h6H,5H2,1-4H3. The van der Waals surface area contributed by atoms with Crippen molar-refractivity contribution in [2.75, 3.05) is 0 Å². The maximum absolute atomic E-state index is 11.0. The highest BCUT2D eigenvalue weighted by atomic mass is 127. The third kappa shape index (κ3) is 8.10. The van der Waals surface area contributed by atoms with E-state index < -0.39 is 0 Å². The topological polar surface area (TPSA) is 26.3 Å². The summed E-state index contributed by atoms with van der Waals surface area (Å²) < 4.78 is 4.95. The molecule has 66 valence electrons. The largest absolute Gasteiger partial charge is 0.452 e. The smallest absolute Gasteiger partial charge is 0.307 e. The Morgan fingerprint density at radius 3 is 2.27 bits per heavy atom. The molecule has 0 saturated heterocycles. The minimum Gasteiger partial charge on any atom is -0.452 e. The lowest BCUT2D eigenvalue weighted by Crippen LogP contribution is -2.17. The van der Waals surface area contributed by atoms with Crippen LogP contribution in [-0.4, -0.2) is 10.1 Å². The van der Waals surface area contributed by atoms with E-state index in [2.05, 4.69) is 22.6 Å². The maximum Gasteiger partial charge on any atom is 0.307 e. The number of carbonyl (C=O) groups excluding carboxylic acids is 1. The van der Waals surface area contributed by atoms with Crippen LogP contribution in [0.1, 0.15) is 34.1 Å². The van der Waals surface area contributed by atoms with E-state index in [1.54, 1.807) is 0 Å². The molecule has 0 amide bonds. The first-order valence-corrected chi connectivity index (χ1v) is 4.89. The highest BCUT2D eigenvalue weighted by Gasteiger charge is 2.17. The van der Waals surface area contributed by atoms with Gasteiger partial charge in [-0.1, -0.05) is 20.8 Å². The first-order chi connectivity index (χ1) is 4.81. The van der Waals surface area contributed by atoms with Crippen molar-refractivity contribution < 1.29 is 9.53 Å². The van der Waals surface area contributed by atoms with E-state index in [4.69, 9.17) is 4.74 Å². The Hall–Kier alpha value is 0.200. The van der Waals surface area contributed by atoms with E-state index in [0.717, 1.165) is 0 Å². The molecule has 0 heterocycles. The number of rotatable bonds is 2. The molecule has 0 aliphatic carbocycles. The van der Waals surface area contributed by atoms with Crippen molar-refractivity contribution in [2.45, 2.75) is 38.2 Å². The van der Waals surface area contributed by atoms with Crippen molar-refractivity contribution in [3.8, 4) is 0 Å². The summed E-state index contributed by atoms with van der Waals surface area (Å²) in [5, 5.41) is 0. The number of esters is 1. The van der Waals surface area contributed by atoms with Crippen LogP contribution in [0.2, 0.25) is 0 Å². The molecule has 3 heteroatoms. The fraction of sp³-hybridized carbons (Fsp3) is 0.875. The highest BCUT2D eigenvalue weighted by molar-refractivity contribution is 14.1. The summed E-state index contributed by atoms with van der Waals surface area (Å²) in [4.78, 5) is 11.0. The zero-order valence-corrected chi connectivity index (χ0v) is 9.64. The van der Waals surface area contributed by atoms with Crippen LogP contribution < -0.4 is 0 Å². The predicted octanol–water partition coefficient (Wildman–Crippen LogP) is 2.75. The predicted molar refractivity (Wildman–Crippen MR) is 53.6 cm³/mol. The molecule has 0 aromatic heterocycles. The Bertz CT molecular complexity index is 136. The molecule has 1 atom stereocenters. The molecule has 0 spiro atoms. The molecule has 0 aromatic rings. The highest BCUT2D eigenvalue weighted by Crippen LogP contribution is 2.19. The SMILES string of the molecule is CC(I)OC(=O)CC(C)(C)C. The van der Waals surface area contributed by atoms with Gasteiger partial charge in [-0.15, -0.1) is 0 Å². The van der Waals surface area contributed by atoms with E-state index in [9.17, 15) is 4.79 Å². The van der Waals surface area contributed by atoms with E-state index in [0.29, 0.717) is 6.42 Å². The summed E-state index contributed by atoms with van der Waals surface area (Å²) >= 11 is 2.07. The van der Waals surface area contributed by atoms with Crippen molar-refractivity contribution in [1.82, 2.24) is 0 Å². The quantitative estimate of drug-likeness (QED) is 0.438. The third-order valence-corrected chi connectivity index (χ3v) is 1.22. The fourth-order valence-electron chi connectivity index (χ4n) is 0.656. The lowest BCUT2D eigenvalue weighted by atomic mass is 9.93. The van der Waals surface area contributed by atoms with Gasteiger partial charge in [0, 0.05) is 0 Å². The van der Waals surface area contributed by atoms with Crippen molar-refractivity contribution in [1.29, 1.82) is 0 Å². The summed E-state index contributed by atoms with van der Waals surface area (Å²) in [6.07, 6.45) is 0.486. The van der Waals surface area contributed by atoms with Crippen molar-refractivity contribution in [3.63, 3.8) is 0 Å². The van der Waals surface area contributed by atoms with Crippen LogP contribution in [0.15, 0.2) is 0 Å². The molecule has 0 radical (unpaired) electrons. The molecule has 0 fully saturated rings. The van der Waals surface area contributed by atoms with Crippen LogP contribution in [0.4, 0.5) is 0 Å². The maximum atomic E-state index is 11.0. The molecule has 1 unspecified atom stereocenters. The van der Waals surface area contributed by atoms with E-state index >= 15 is 0 Å². The first-order valence-electron chi connectivity index (χ1n) is 3.65. The molecule has 0 aliphatic heterocycles. The monoisotopic (exact) mass is 270 g/mol. The Labute approximate surface area is 81.8 Å². The van der Waals surface area contributed by atoms with Crippen LogP contribution in [0.3, 0.4) is 0 Å². The number of alkyl halides is 1. The molecule has 0 rings (SSSR count). The van der Waals surface area contributed by atoms with Gasteiger partial charge in [0.15, 0.2) is 0 Å². The summed E-state index contributed by atoms with van der Waals surface area (Å²) in [5.41, 5.74) is 0.0304. The minimum absolute atomic E-state index is 0.0255. The Morgan fingerprint density at radius 1 is 1.55 bits per heavy atom. The summed E-state index contributed by atoms with van der Waals surface area (Å²) in [5.74, 6) is -0.112. The summed E-state index contributed by atoms with van der Waals surface area (Å²) in [6.45, 7) is 7.91. The minimum atomic E-state index is -0.112. The van der Waals surface area contributed by atoms with E-state index in [1.165, 1.54) is 0 Å². The van der Waals surface area contributed by atoms with Crippen LogP contribution in [0.25, 0.3) is 0 Å². The van der Waals surface area contributed by atoms with Gasteiger partial charge in [0.2, 0.25) is 0 Å². The van der Waals surface area contributed by atoms with Gasteiger partial charge >= 0.3 is 5.97 Å². The summed E-state index contributed by atoms with van der Waals surface area (Å²) in [6, 6.07) is 0. The van der Waals surface area contributed by atoms with Gasteiger partial charge < -0.3 is 4.74 Å². The third-order valence-electron chi connectivity index (χ3n) is 0.969. The van der Waals surface area contributed by atoms with Gasteiger partial charge in [0.25, 0.3) is 0 Å². The van der Waals surface area contributed by atoms with Crippen molar-refractivity contribution in [2.24, 2.45) is 5.41 Å². The number of carbonyl (C=O) groups is 1. The molecular formula is C8H15IO2. The lowest BCUT2D eigenvalue weighted by Gasteiger charge is -2.17. The molecule has 2 nitrogen and oxygen atoms in total. The Kier molecular flexibility index (Phi) is 4.36. The van der Waals surface area contributed by atoms with E-state index in [-0.39, 0.29) is 15.5 Å². The normalized spacial score (nSPS) is 14.3. The van der Waals surface area contributed by atoms with Gasteiger partial charge in [-0.05, 0) is 34.9 Å². The zero-order chi connectivity index (χ0) is 9.07. The second-order valence-corrected chi connectivity index (χ2v) is 5.52. The molecule has 0 bridgehead atoms. The van der Waals surface area contributed by atoms with Crippen LogP contribution >= 0.6 is 22.6 Å². The Balaban J connectivity index is 3.71. The molecule has 0 aromatic carbocycles. The van der Waals surface area contributed by atoms with Gasteiger partial charge in [0.1, 0.15) is 4.11 Å². The van der Waals surface area contributed by atoms with Gasteiger partial charge in [-0.2, -0.15) is 0 Å². The van der Waals surface area contributed by atoms with Crippen molar-refractivity contribution >= 4 is 28.6 Å². The fourth-order valence-corrected chi connectivity index (χ4v) is 0.939. The van der Waals surface area contributed by atoms with Gasteiger partial charge in [0.05, 0.1) is 6.42 Å². The molecule has 0 saturated carbocycles. The van der Waals surface area contributed by atoms with Crippen LogP contribution in [0.5, 0.6) is 0 Å². The molecule has 0 N–H and O–H groups in total. The Morgan fingerprint density at radius 2 is 2.00 bits per heavy atom. The second kappa shape index (κ2) is 4.28. The second-order valence-electron chi connectivity index (χ2n) is 3.77.